The van der Waals surface area contributed by atoms with Crippen molar-refractivity contribution in [3.8, 4) is 0 Å². The van der Waals surface area contributed by atoms with Crippen LogP contribution in [-0.4, -0.2) is 25.0 Å². The van der Waals surface area contributed by atoms with Gasteiger partial charge in [0.1, 0.15) is 0 Å². The quantitative estimate of drug-likeness (QED) is 0.777. The first kappa shape index (κ1) is 12.2. The van der Waals surface area contributed by atoms with Crippen LogP contribution in [0.4, 0.5) is 5.69 Å². The van der Waals surface area contributed by atoms with Crippen molar-refractivity contribution in [2.75, 3.05) is 5.32 Å². The molecule has 0 spiro atoms. The maximum absolute atomic E-state index is 4.36. The average Bonchev–Trinajstić information content (AvgIpc) is 2.90. The van der Waals surface area contributed by atoms with Crippen LogP contribution in [0.25, 0.3) is 11.0 Å². The number of rotatable bonds is 3. The molecular weight excluding hydrogens is 308 g/mol. The Kier molecular flexibility index (Phi) is 2.98. The largest absolute Gasteiger partial charge is 0.378 e. The molecule has 0 aliphatic carbocycles. The molecule has 19 heavy (non-hydrogen) atoms. The minimum Gasteiger partial charge on any atom is -0.378 e. The van der Waals surface area contributed by atoms with Crippen molar-refractivity contribution in [3.05, 3.63) is 34.3 Å². The van der Waals surface area contributed by atoms with Crippen LogP contribution in [0.15, 0.2) is 22.9 Å². The van der Waals surface area contributed by atoms with Crippen molar-refractivity contribution in [2.24, 2.45) is 7.05 Å². The van der Waals surface area contributed by atoms with Crippen LogP contribution in [0.3, 0.4) is 0 Å². The second-order valence-electron chi connectivity index (χ2n) is 4.39. The number of aromatic nitrogens is 5. The van der Waals surface area contributed by atoms with Crippen molar-refractivity contribution in [1.29, 1.82) is 0 Å². The van der Waals surface area contributed by atoms with Gasteiger partial charge in [-0.15, -0.1) is 0 Å². The summed E-state index contributed by atoms with van der Waals surface area (Å²) in [6.45, 7) is 2.63. The summed E-state index contributed by atoms with van der Waals surface area (Å²) in [4.78, 5) is 4.30. The Morgan fingerprint density at radius 1 is 1.47 bits per heavy atom. The third kappa shape index (κ3) is 2.33. The highest BCUT2D eigenvalue weighted by atomic mass is 79.9. The van der Waals surface area contributed by atoms with Gasteiger partial charge in [0, 0.05) is 24.3 Å². The van der Waals surface area contributed by atoms with E-state index in [0.29, 0.717) is 6.54 Å². The molecule has 6 nitrogen and oxygen atoms in total. The molecule has 0 amide bonds. The molecule has 0 saturated heterocycles. The molecule has 0 aromatic carbocycles. The smallest absolute Gasteiger partial charge is 0.181 e. The molecule has 3 rings (SSSR count). The van der Waals surface area contributed by atoms with Crippen LogP contribution in [0.1, 0.15) is 11.4 Å². The number of hydrogen-bond acceptors (Lipinski definition) is 4. The SMILES string of the molecule is Cc1[nH]nc2ncc(NCc3nn(C)cc3Br)cc12. The second kappa shape index (κ2) is 4.65. The van der Waals surface area contributed by atoms with E-state index >= 15 is 0 Å². The van der Waals surface area contributed by atoms with Gasteiger partial charge in [0.25, 0.3) is 0 Å². The molecule has 0 radical (unpaired) electrons. The highest BCUT2D eigenvalue weighted by Crippen LogP contribution is 2.19. The molecule has 3 aromatic rings. The van der Waals surface area contributed by atoms with Gasteiger partial charge in [-0.05, 0) is 28.9 Å². The van der Waals surface area contributed by atoms with E-state index in [0.717, 1.165) is 32.6 Å². The number of anilines is 1. The highest BCUT2D eigenvalue weighted by Gasteiger charge is 2.06. The van der Waals surface area contributed by atoms with Gasteiger partial charge in [-0.2, -0.15) is 10.2 Å². The maximum atomic E-state index is 4.36. The van der Waals surface area contributed by atoms with Crippen molar-refractivity contribution < 1.29 is 0 Å². The van der Waals surface area contributed by atoms with E-state index < -0.39 is 0 Å². The number of aryl methyl sites for hydroxylation is 2. The Morgan fingerprint density at radius 2 is 2.32 bits per heavy atom. The van der Waals surface area contributed by atoms with E-state index in [-0.39, 0.29) is 0 Å². The van der Waals surface area contributed by atoms with Crippen LogP contribution in [-0.2, 0) is 13.6 Å². The first-order valence-corrected chi connectivity index (χ1v) is 6.65. The van der Waals surface area contributed by atoms with Gasteiger partial charge >= 0.3 is 0 Å². The standard InChI is InChI=1S/C12H13BrN6/c1-7-9-3-8(4-15-12(9)17-16-7)14-5-11-10(13)6-19(2)18-11/h3-4,6,14H,5H2,1-2H3,(H,15,16,17). The molecule has 7 heteroatoms. The van der Waals surface area contributed by atoms with Gasteiger partial charge in [-0.3, -0.25) is 9.78 Å². The summed E-state index contributed by atoms with van der Waals surface area (Å²) in [5.41, 5.74) is 3.67. The number of nitrogens with zero attached hydrogens (tertiary/aromatic N) is 4. The van der Waals surface area contributed by atoms with Gasteiger partial charge in [0.15, 0.2) is 5.65 Å². The first-order chi connectivity index (χ1) is 9.13. The molecule has 0 saturated carbocycles. The predicted molar refractivity (Wildman–Crippen MR) is 76.9 cm³/mol. The molecule has 0 unspecified atom stereocenters. The molecule has 0 bridgehead atoms. The van der Waals surface area contributed by atoms with E-state index in [1.807, 2.05) is 26.2 Å². The fraction of sp³-hybridized carbons (Fsp3) is 0.250. The number of nitrogens with one attached hydrogen (secondary N) is 2. The van der Waals surface area contributed by atoms with Crippen molar-refractivity contribution in [2.45, 2.75) is 13.5 Å². The Balaban J connectivity index is 1.81. The first-order valence-electron chi connectivity index (χ1n) is 5.86. The third-order valence-corrected chi connectivity index (χ3v) is 3.58. The van der Waals surface area contributed by atoms with Crippen molar-refractivity contribution in [3.63, 3.8) is 0 Å². The number of hydrogen-bond donors (Lipinski definition) is 2. The summed E-state index contributed by atoms with van der Waals surface area (Å²) in [5, 5.41) is 15.7. The minimum atomic E-state index is 0.644. The molecule has 2 N–H and O–H groups in total. The zero-order valence-electron chi connectivity index (χ0n) is 10.6. The summed E-state index contributed by atoms with van der Waals surface area (Å²) >= 11 is 3.48. The normalized spacial score (nSPS) is 11.1. The van der Waals surface area contributed by atoms with Crippen LogP contribution in [0, 0.1) is 6.92 Å². The highest BCUT2D eigenvalue weighted by molar-refractivity contribution is 9.10. The van der Waals surface area contributed by atoms with E-state index in [2.05, 4.69) is 41.5 Å². The van der Waals surface area contributed by atoms with Crippen LogP contribution >= 0.6 is 15.9 Å². The molecule has 0 fully saturated rings. The predicted octanol–water partition coefficient (Wildman–Crippen LogP) is 2.37. The Bertz CT molecular complexity index is 729. The fourth-order valence-electron chi connectivity index (χ4n) is 1.93. The molecule has 0 atom stereocenters. The number of fused-ring (bicyclic) bond motifs is 1. The van der Waals surface area contributed by atoms with Crippen LogP contribution in [0.2, 0.25) is 0 Å². The lowest BCUT2D eigenvalue weighted by Gasteiger charge is -2.04. The summed E-state index contributed by atoms with van der Waals surface area (Å²) in [7, 11) is 1.90. The zero-order chi connectivity index (χ0) is 13.4. The molecule has 3 aromatic heterocycles. The summed E-state index contributed by atoms with van der Waals surface area (Å²) < 4.78 is 2.78. The number of halogens is 1. The van der Waals surface area contributed by atoms with Crippen molar-refractivity contribution >= 4 is 32.7 Å². The van der Waals surface area contributed by atoms with E-state index in [1.165, 1.54) is 0 Å². The fourth-order valence-corrected chi connectivity index (χ4v) is 2.44. The Morgan fingerprint density at radius 3 is 3.05 bits per heavy atom. The third-order valence-electron chi connectivity index (χ3n) is 2.91. The van der Waals surface area contributed by atoms with E-state index in [4.69, 9.17) is 0 Å². The lowest BCUT2D eigenvalue weighted by Crippen LogP contribution is -2.02. The molecule has 0 aliphatic rings. The van der Waals surface area contributed by atoms with Crippen molar-refractivity contribution in [1.82, 2.24) is 25.0 Å². The summed E-state index contributed by atoms with van der Waals surface area (Å²) in [5.74, 6) is 0. The number of aromatic amines is 1. The summed E-state index contributed by atoms with van der Waals surface area (Å²) in [6.07, 6.45) is 3.71. The molecule has 0 aliphatic heterocycles. The number of pyridine rings is 1. The Labute approximate surface area is 118 Å². The van der Waals surface area contributed by atoms with Gasteiger partial charge in [-0.1, -0.05) is 0 Å². The Hall–Kier alpha value is -1.89. The maximum Gasteiger partial charge on any atom is 0.181 e. The minimum absolute atomic E-state index is 0.644. The second-order valence-corrected chi connectivity index (χ2v) is 5.25. The molecule has 98 valence electrons. The van der Waals surface area contributed by atoms with Crippen LogP contribution < -0.4 is 5.32 Å². The number of H-pyrrole nitrogens is 1. The van der Waals surface area contributed by atoms with Crippen LogP contribution in [0.5, 0.6) is 0 Å². The van der Waals surface area contributed by atoms with E-state index in [9.17, 15) is 0 Å². The lowest BCUT2D eigenvalue weighted by atomic mass is 10.2. The van der Waals surface area contributed by atoms with Gasteiger partial charge in [0.05, 0.1) is 28.6 Å². The lowest BCUT2D eigenvalue weighted by molar-refractivity contribution is 0.747. The monoisotopic (exact) mass is 320 g/mol. The molecule has 3 heterocycles. The summed E-state index contributed by atoms with van der Waals surface area (Å²) in [6, 6.07) is 2.04. The van der Waals surface area contributed by atoms with Gasteiger partial charge < -0.3 is 5.32 Å². The topological polar surface area (TPSA) is 71.4 Å². The van der Waals surface area contributed by atoms with Gasteiger partial charge in [-0.25, -0.2) is 4.98 Å². The molecular formula is C12H13BrN6. The average molecular weight is 321 g/mol. The zero-order valence-corrected chi connectivity index (χ0v) is 12.2. The van der Waals surface area contributed by atoms with E-state index in [1.54, 1.807) is 10.9 Å². The van der Waals surface area contributed by atoms with Gasteiger partial charge in [0.2, 0.25) is 0 Å².